The van der Waals surface area contributed by atoms with Crippen LogP contribution in [-0.4, -0.2) is 27.3 Å². The van der Waals surface area contributed by atoms with Gasteiger partial charge in [-0.15, -0.1) is 0 Å². The van der Waals surface area contributed by atoms with Crippen LogP contribution in [-0.2, 0) is 4.79 Å². The third kappa shape index (κ3) is 2.29. The van der Waals surface area contributed by atoms with Gasteiger partial charge in [0.25, 0.3) is 0 Å². The number of benzene rings is 1. The number of phenolic OH excluding ortho intramolecular Hbond substituents is 2. The average molecular weight is 199 g/mol. The maximum absolute atomic E-state index is 10.5. The lowest BCUT2D eigenvalue weighted by molar-refractivity contribution is -0.137. The van der Waals surface area contributed by atoms with Crippen LogP contribution in [0.2, 0.25) is 0 Å². The molecule has 0 spiro atoms. The number of rotatable bonds is 3. The first kappa shape index (κ1) is 10.2. The van der Waals surface area contributed by atoms with Crippen LogP contribution in [0.4, 0.5) is 5.69 Å². The Morgan fingerprint density at radius 1 is 1.36 bits per heavy atom. The van der Waals surface area contributed by atoms with Crippen LogP contribution in [0.15, 0.2) is 18.2 Å². The number of hydrogen-bond acceptors (Lipinski definition) is 4. The molecule has 1 atom stereocenters. The van der Waals surface area contributed by atoms with Crippen molar-refractivity contribution in [2.45, 2.75) is 13.0 Å². The Labute approximate surface area is 80.6 Å². The van der Waals surface area contributed by atoms with Crippen molar-refractivity contribution < 1.29 is 20.1 Å². The Bertz CT molecular complexity index is 351. The van der Waals surface area contributed by atoms with Crippen LogP contribution in [0.3, 0.4) is 0 Å². The van der Waals surface area contributed by atoms with Crippen molar-refractivity contribution >= 4 is 11.7 Å². The van der Waals surface area contributed by atoms with Gasteiger partial charge in [-0.1, -0.05) is 0 Å². The summed E-state index contributed by atoms with van der Waals surface area (Å²) in [6, 6.07) is 3.27. The zero-order valence-electron chi connectivity index (χ0n) is 7.56. The predicted molar refractivity (Wildman–Crippen MR) is 50.5 cm³/mol. The molecule has 1 aromatic rings. The van der Waals surface area contributed by atoms with Gasteiger partial charge in [-0.05, 0) is 19.1 Å². The van der Waals surface area contributed by atoms with E-state index in [2.05, 4.69) is 5.32 Å². The fraction of sp³-hybridized carbons (Fsp3) is 0.222. The predicted octanol–water partition coefficient (Wildman–Crippen LogP) is 0.983. The SMILES string of the molecule is [14CH3][C@H](Nc1ccc(O)c(O)c1)C(=O)O. The normalized spacial score (nSPS) is 12.1. The highest BCUT2D eigenvalue weighted by Crippen LogP contribution is 2.27. The van der Waals surface area contributed by atoms with Gasteiger partial charge < -0.3 is 20.6 Å². The zero-order valence-corrected chi connectivity index (χ0v) is 7.56. The van der Waals surface area contributed by atoms with Crippen molar-refractivity contribution in [1.82, 2.24) is 0 Å². The summed E-state index contributed by atoms with van der Waals surface area (Å²) < 4.78 is 0. The van der Waals surface area contributed by atoms with Gasteiger partial charge in [0.2, 0.25) is 0 Å². The van der Waals surface area contributed by atoms with Gasteiger partial charge in [-0.25, -0.2) is 0 Å². The molecule has 0 aliphatic heterocycles. The number of carboxylic acids is 1. The summed E-state index contributed by atoms with van der Waals surface area (Å²) in [7, 11) is 0. The zero-order chi connectivity index (χ0) is 10.7. The molecule has 0 fully saturated rings. The molecule has 5 heteroatoms. The Kier molecular flexibility index (Phi) is 2.81. The van der Waals surface area contributed by atoms with Gasteiger partial charge in [0.15, 0.2) is 11.5 Å². The number of aliphatic carboxylic acids is 1. The van der Waals surface area contributed by atoms with Crippen molar-refractivity contribution in [2.24, 2.45) is 0 Å². The number of carbonyl (C=O) groups is 1. The number of phenols is 2. The largest absolute Gasteiger partial charge is 0.504 e. The molecule has 1 rings (SSSR count). The smallest absolute Gasteiger partial charge is 0.325 e. The van der Waals surface area contributed by atoms with E-state index in [0.29, 0.717) is 5.69 Å². The van der Waals surface area contributed by atoms with Crippen LogP contribution in [0.25, 0.3) is 0 Å². The summed E-state index contributed by atoms with van der Waals surface area (Å²) in [6.07, 6.45) is 0. The minimum atomic E-state index is -0.988. The van der Waals surface area contributed by atoms with E-state index in [1.165, 1.54) is 25.1 Å². The van der Waals surface area contributed by atoms with E-state index >= 15 is 0 Å². The number of hydrogen-bond donors (Lipinski definition) is 4. The highest BCUT2D eigenvalue weighted by molar-refractivity contribution is 5.77. The standard InChI is InChI=1S/C9H11NO4/c1-5(9(13)14)10-6-2-3-7(11)8(12)4-6/h2-5,10-12H,1H3,(H,13,14)/t5-/m0/s1/i1+2. The number of anilines is 1. The summed E-state index contributed by atoms with van der Waals surface area (Å²) in [5.74, 6) is -1.51. The van der Waals surface area contributed by atoms with E-state index in [0.717, 1.165) is 0 Å². The molecule has 0 saturated carbocycles. The number of aromatic hydroxyl groups is 2. The molecule has 76 valence electrons. The Balaban J connectivity index is 2.78. The van der Waals surface area contributed by atoms with Gasteiger partial charge in [0.1, 0.15) is 6.04 Å². The maximum Gasteiger partial charge on any atom is 0.325 e. The quantitative estimate of drug-likeness (QED) is 0.430. The first-order valence-corrected chi connectivity index (χ1v) is 4.02. The average Bonchev–Trinajstić information content (AvgIpc) is 2.11. The molecular weight excluding hydrogens is 188 g/mol. The monoisotopic (exact) mass is 199 g/mol. The molecule has 0 unspecified atom stereocenters. The molecule has 0 aliphatic carbocycles. The minimum Gasteiger partial charge on any atom is -0.504 e. The molecule has 4 N–H and O–H groups in total. The molecule has 0 aromatic heterocycles. The van der Waals surface area contributed by atoms with E-state index in [-0.39, 0.29) is 11.5 Å². The van der Waals surface area contributed by atoms with Crippen molar-refractivity contribution in [3.63, 3.8) is 0 Å². The second-order valence-electron chi connectivity index (χ2n) is 2.91. The van der Waals surface area contributed by atoms with Crippen LogP contribution in [0.1, 0.15) is 6.92 Å². The lowest BCUT2D eigenvalue weighted by atomic mass is 10.2. The molecule has 0 amide bonds. The Morgan fingerprint density at radius 2 is 2.00 bits per heavy atom. The van der Waals surface area contributed by atoms with E-state index in [4.69, 9.17) is 15.3 Å². The Morgan fingerprint density at radius 3 is 2.50 bits per heavy atom. The molecule has 14 heavy (non-hydrogen) atoms. The van der Waals surface area contributed by atoms with E-state index in [9.17, 15) is 4.79 Å². The molecule has 0 bridgehead atoms. The van der Waals surface area contributed by atoms with E-state index in [1.54, 1.807) is 0 Å². The molecule has 1 aromatic carbocycles. The fourth-order valence-corrected chi connectivity index (χ4v) is 0.925. The van der Waals surface area contributed by atoms with Crippen molar-refractivity contribution in [1.29, 1.82) is 0 Å². The highest BCUT2D eigenvalue weighted by Gasteiger charge is 2.10. The summed E-state index contributed by atoms with van der Waals surface area (Å²) in [4.78, 5) is 10.5. The minimum absolute atomic E-state index is 0.237. The highest BCUT2D eigenvalue weighted by atomic mass is 16.4. The summed E-state index contributed by atoms with van der Waals surface area (Å²) >= 11 is 0. The third-order valence-corrected chi connectivity index (χ3v) is 1.73. The molecule has 0 radical (unpaired) electrons. The molecule has 0 aliphatic rings. The van der Waals surface area contributed by atoms with Crippen molar-refractivity contribution in [2.75, 3.05) is 5.32 Å². The summed E-state index contributed by atoms with van der Waals surface area (Å²) in [5, 5.41) is 29.3. The van der Waals surface area contributed by atoms with Gasteiger partial charge in [0, 0.05) is 11.8 Å². The number of carboxylic acid groups (broad SMARTS) is 1. The lowest BCUT2D eigenvalue weighted by Gasteiger charge is -2.10. The second-order valence-corrected chi connectivity index (χ2v) is 2.91. The second kappa shape index (κ2) is 3.87. The van der Waals surface area contributed by atoms with Crippen LogP contribution >= 0.6 is 0 Å². The Hall–Kier alpha value is -1.91. The van der Waals surface area contributed by atoms with Crippen LogP contribution in [0.5, 0.6) is 11.5 Å². The molecular formula is C9H11NO4. The van der Waals surface area contributed by atoms with Gasteiger partial charge in [0.05, 0.1) is 0 Å². The van der Waals surface area contributed by atoms with Crippen molar-refractivity contribution in [3.05, 3.63) is 18.2 Å². The fourth-order valence-electron chi connectivity index (χ4n) is 0.925. The van der Waals surface area contributed by atoms with Gasteiger partial charge >= 0.3 is 5.97 Å². The lowest BCUT2D eigenvalue weighted by Crippen LogP contribution is -2.25. The maximum atomic E-state index is 10.5. The first-order chi connectivity index (χ1) is 6.50. The molecule has 0 heterocycles. The van der Waals surface area contributed by atoms with Crippen molar-refractivity contribution in [3.8, 4) is 11.5 Å². The van der Waals surface area contributed by atoms with Gasteiger partial charge in [-0.3, -0.25) is 4.79 Å². The van der Waals surface area contributed by atoms with E-state index < -0.39 is 12.0 Å². The van der Waals surface area contributed by atoms with Crippen LogP contribution in [0, 0.1) is 0 Å². The first-order valence-electron chi connectivity index (χ1n) is 4.02. The summed E-state index contributed by atoms with van der Waals surface area (Å²) in [6.45, 7) is 1.48. The summed E-state index contributed by atoms with van der Waals surface area (Å²) in [5.41, 5.74) is 0.440. The number of nitrogens with one attached hydrogen (secondary N) is 1. The topological polar surface area (TPSA) is 89.8 Å². The third-order valence-electron chi connectivity index (χ3n) is 1.73. The molecule has 5 nitrogen and oxygen atoms in total. The van der Waals surface area contributed by atoms with Crippen LogP contribution < -0.4 is 5.32 Å². The van der Waals surface area contributed by atoms with E-state index in [1.807, 2.05) is 0 Å². The molecule has 0 saturated heterocycles. The van der Waals surface area contributed by atoms with Gasteiger partial charge in [-0.2, -0.15) is 0 Å².